The average Bonchev–Trinajstić information content (AvgIpc) is 2.01. The number of nitrogens with zero attached hydrogens (tertiary/aromatic N) is 1. The molecule has 0 aliphatic rings. The van der Waals surface area contributed by atoms with Gasteiger partial charge in [-0.2, -0.15) is 0 Å². The van der Waals surface area contributed by atoms with Crippen molar-refractivity contribution in [2.24, 2.45) is 0 Å². The Kier molecular flexibility index (Phi) is 3.19. The van der Waals surface area contributed by atoms with Crippen LogP contribution in [-0.2, 0) is 0 Å². The van der Waals surface area contributed by atoms with Crippen molar-refractivity contribution in [1.82, 2.24) is 4.98 Å². The zero-order chi connectivity index (χ0) is 10.7. The van der Waals surface area contributed by atoms with Crippen LogP contribution in [0.4, 0.5) is 11.5 Å². The van der Waals surface area contributed by atoms with E-state index in [4.69, 9.17) is 11.1 Å². The highest BCUT2D eigenvalue weighted by atomic mass is 14.9. The van der Waals surface area contributed by atoms with Crippen molar-refractivity contribution in [1.29, 1.82) is 5.41 Å². The van der Waals surface area contributed by atoms with Gasteiger partial charge < -0.3 is 16.5 Å². The number of quaternary nitrogens is 1. The summed E-state index contributed by atoms with van der Waals surface area (Å²) >= 11 is 0. The van der Waals surface area contributed by atoms with E-state index in [1.54, 1.807) is 13.1 Å². The lowest BCUT2D eigenvalue weighted by molar-refractivity contribution is -0.603. The Morgan fingerprint density at radius 1 is 1.57 bits per heavy atom. The smallest absolute Gasteiger partial charge is 0.144 e. The lowest BCUT2D eigenvalue weighted by atomic mass is 10.1. The van der Waals surface area contributed by atoms with Crippen LogP contribution in [0.5, 0.6) is 0 Å². The monoisotopic (exact) mass is 193 g/mol. The number of nitrogens with one attached hydrogen (secondary N) is 1. The fraction of sp³-hybridized carbons (Fsp3) is 0.400. The second-order valence-electron chi connectivity index (χ2n) is 3.70. The van der Waals surface area contributed by atoms with E-state index in [1.165, 1.54) is 0 Å². The normalized spacial score (nSPS) is 10.6. The van der Waals surface area contributed by atoms with Gasteiger partial charge in [-0.25, -0.2) is 4.98 Å². The lowest BCUT2D eigenvalue weighted by Gasteiger charge is -2.10. The van der Waals surface area contributed by atoms with Gasteiger partial charge in [0, 0.05) is 18.0 Å². The molecule has 1 aromatic rings. The van der Waals surface area contributed by atoms with E-state index in [0.717, 1.165) is 11.3 Å². The van der Waals surface area contributed by atoms with Gasteiger partial charge in [-0.15, -0.1) is 0 Å². The summed E-state index contributed by atoms with van der Waals surface area (Å²) in [5.41, 5.74) is 7.94. The standard InChI is InChI=1S/C10H16N4/c1-6(2)14-8-4-5-13-10(12)9(8)7(3)11/h4-6,11H,1-3H3,(H3,12,13,14)/p+1. The molecule has 0 spiro atoms. The van der Waals surface area contributed by atoms with Crippen LogP contribution in [-0.4, -0.2) is 16.7 Å². The minimum absolute atomic E-state index is 0.437. The molecule has 0 saturated heterocycles. The molecule has 0 bridgehead atoms. The Hall–Kier alpha value is -1.42. The van der Waals surface area contributed by atoms with Gasteiger partial charge in [0.05, 0.1) is 11.6 Å². The fourth-order valence-electron chi connectivity index (χ4n) is 1.40. The molecule has 76 valence electrons. The molecular weight excluding hydrogens is 176 g/mol. The van der Waals surface area contributed by atoms with Crippen LogP contribution in [0.1, 0.15) is 26.3 Å². The molecular formula is C10H17N4+. The van der Waals surface area contributed by atoms with Crippen molar-refractivity contribution in [3.63, 3.8) is 0 Å². The molecule has 0 fully saturated rings. The van der Waals surface area contributed by atoms with Gasteiger partial charge in [0.25, 0.3) is 0 Å². The van der Waals surface area contributed by atoms with Gasteiger partial charge >= 0.3 is 0 Å². The van der Waals surface area contributed by atoms with Gasteiger partial charge in [0.15, 0.2) is 0 Å². The van der Waals surface area contributed by atoms with Crippen LogP contribution < -0.4 is 11.1 Å². The van der Waals surface area contributed by atoms with E-state index < -0.39 is 0 Å². The summed E-state index contributed by atoms with van der Waals surface area (Å²) in [6, 6.07) is 2.33. The maximum Gasteiger partial charge on any atom is 0.144 e. The molecule has 0 aliphatic carbocycles. The Balaban J connectivity index is 3.14. The van der Waals surface area contributed by atoms with Crippen molar-refractivity contribution in [3.05, 3.63) is 17.8 Å². The third-order valence-corrected chi connectivity index (χ3v) is 1.90. The summed E-state index contributed by atoms with van der Waals surface area (Å²) in [5.74, 6) is 0.437. The molecule has 1 rings (SSSR count). The molecule has 0 unspecified atom stereocenters. The third-order valence-electron chi connectivity index (χ3n) is 1.90. The number of hydrogen-bond donors (Lipinski definition) is 3. The summed E-state index contributed by atoms with van der Waals surface area (Å²) < 4.78 is 0. The quantitative estimate of drug-likeness (QED) is 0.616. The molecule has 4 nitrogen and oxygen atoms in total. The molecule has 5 N–H and O–H groups in total. The highest BCUT2D eigenvalue weighted by Gasteiger charge is 2.13. The molecule has 0 aromatic carbocycles. The van der Waals surface area contributed by atoms with E-state index in [2.05, 4.69) is 24.1 Å². The number of pyridine rings is 1. The summed E-state index contributed by atoms with van der Waals surface area (Å²) in [5, 5.41) is 9.71. The van der Waals surface area contributed by atoms with Gasteiger partial charge in [-0.05, 0) is 20.8 Å². The Bertz CT molecular complexity index is 344. The fourth-order valence-corrected chi connectivity index (χ4v) is 1.40. The van der Waals surface area contributed by atoms with Crippen LogP contribution in [0.2, 0.25) is 0 Å². The van der Waals surface area contributed by atoms with Crippen LogP contribution >= 0.6 is 0 Å². The Morgan fingerprint density at radius 3 is 2.71 bits per heavy atom. The maximum absolute atomic E-state index is 7.62. The van der Waals surface area contributed by atoms with E-state index in [9.17, 15) is 0 Å². The molecule has 0 saturated carbocycles. The second-order valence-corrected chi connectivity index (χ2v) is 3.70. The second kappa shape index (κ2) is 4.19. The number of hydrogen-bond acceptors (Lipinski definition) is 3. The molecule has 0 atom stereocenters. The van der Waals surface area contributed by atoms with Crippen molar-refractivity contribution in [2.75, 3.05) is 5.73 Å². The average molecular weight is 193 g/mol. The molecule has 1 heterocycles. The predicted molar refractivity (Wildman–Crippen MR) is 57.9 cm³/mol. The largest absolute Gasteiger partial charge is 0.383 e. The Labute approximate surface area is 84.1 Å². The summed E-state index contributed by atoms with van der Waals surface area (Å²) in [4.78, 5) is 3.99. The number of nitrogen functional groups attached to an aromatic ring is 1. The molecule has 0 aliphatic heterocycles. The highest BCUT2D eigenvalue weighted by molar-refractivity contribution is 6.03. The predicted octanol–water partition coefficient (Wildman–Crippen LogP) is 0.655. The summed E-state index contributed by atoms with van der Waals surface area (Å²) in [7, 11) is 0. The molecule has 4 heteroatoms. The summed E-state index contributed by atoms with van der Waals surface area (Å²) in [6.45, 7) is 5.92. The Morgan fingerprint density at radius 2 is 2.21 bits per heavy atom. The van der Waals surface area contributed by atoms with Crippen LogP contribution in [0.3, 0.4) is 0 Å². The lowest BCUT2D eigenvalue weighted by Crippen LogP contribution is -2.83. The number of nitrogens with two attached hydrogens (primary N) is 2. The zero-order valence-corrected chi connectivity index (χ0v) is 8.83. The number of aromatic nitrogens is 1. The molecule has 0 amide bonds. The van der Waals surface area contributed by atoms with E-state index in [-0.39, 0.29) is 0 Å². The third kappa shape index (κ3) is 2.29. The van der Waals surface area contributed by atoms with Crippen molar-refractivity contribution in [3.8, 4) is 0 Å². The van der Waals surface area contributed by atoms with Gasteiger partial charge in [0.2, 0.25) is 0 Å². The topological polar surface area (TPSA) is 79.4 Å². The SMILES string of the molecule is CC(=N)c1c([NH2+]C(C)C)ccnc1N. The van der Waals surface area contributed by atoms with Crippen molar-refractivity contribution >= 4 is 17.2 Å². The van der Waals surface area contributed by atoms with E-state index in [1.807, 2.05) is 6.07 Å². The van der Waals surface area contributed by atoms with Crippen LogP contribution in [0, 0.1) is 5.41 Å². The maximum atomic E-state index is 7.62. The first-order valence-corrected chi connectivity index (χ1v) is 4.67. The van der Waals surface area contributed by atoms with E-state index >= 15 is 0 Å². The molecule has 1 aromatic heterocycles. The van der Waals surface area contributed by atoms with Crippen molar-refractivity contribution in [2.45, 2.75) is 26.8 Å². The van der Waals surface area contributed by atoms with Gasteiger partial charge in [-0.3, -0.25) is 0 Å². The first-order chi connectivity index (χ1) is 6.52. The van der Waals surface area contributed by atoms with Crippen LogP contribution in [0.25, 0.3) is 0 Å². The number of anilines is 1. The molecule has 14 heavy (non-hydrogen) atoms. The van der Waals surface area contributed by atoms with E-state index in [0.29, 0.717) is 17.6 Å². The zero-order valence-electron chi connectivity index (χ0n) is 8.83. The summed E-state index contributed by atoms with van der Waals surface area (Å²) in [6.07, 6.45) is 1.68. The highest BCUT2D eigenvalue weighted by Crippen LogP contribution is 2.15. The minimum atomic E-state index is 0.437. The molecule has 0 radical (unpaired) electrons. The minimum Gasteiger partial charge on any atom is -0.383 e. The van der Waals surface area contributed by atoms with Crippen LogP contribution in [0.15, 0.2) is 12.3 Å². The number of rotatable bonds is 3. The first kappa shape index (κ1) is 10.7. The van der Waals surface area contributed by atoms with Gasteiger partial charge in [-0.1, -0.05) is 0 Å². The van der Waals surface area contributed by atoms with Gasteiger partial charge in [0.1, 0.15) is 11.5 Å². The van der Waals surface area contributed by atoms with Crippen molar-refractivity contribution < 1.29 is 5.32 Å². The first-order valence-electron chi connectivity index (χ1n) is 4.67.